The van der Waals surface area contributed by atoms with Crippen molar-refractivity contribution in [1.29, 1.82) is 0 Å². The van der Waals surface area contributed by atoms with Crippen LogP contribution in [-0.4, -0.2) is 26.1 Å². The van der Waals surface area contributed by atoms with Crippen molar-refractivity contribution in [2.45, 2.75) is 13.0 Å². The first-order valence-corrected chi connectivity index (χ1v) is 7.15. The van der Waals surface area contributed by atoms with Crippen LogP contribution in [0.1, 0.15) is 27.6 Å². The van der Waals surface area contributed by atoms with Crippen LogP contribution in [0, 0.1) is 6.92 Å². The minimum Gasteiger partial charge on any atom is -0.465 e. The normalized spacial score (nSPS) is 11.6. The molecule has 1 N–H and O–H groups in total. The molecule has 0 aliphatic rings. The van der Waals surface area contributed by atoms with Gasteiger partial charge in [-0.1, -0.05) is 36.4 Å². The molecule has 23 heavy (non-hydrogen) atoms. The summed E-state index contributed by atoms with van der Waals surface area (Å²) in [5.74, 6) is -0.742. The molecular weight excluding hydrogens is 294 g/mol. The molecule has 2 rings (SSSR count). The zero-order valence-electron chi connectivity index (χ0n) is 13.3. The number of amides is 1. The van der Waals surface area contributed by atoms with Gasteiger partial charge in [0.15, 0.2) is 6.10 Å². The molecule has 2 aromatic rings. The van der Waals surface area contributed by atoms with E-state index in [-0.39, 0.29) is 5.91 Å². The van der Waals surface area contributed by atoms with Gasteiger partial charge in [-0.25, -0.2) is 4.79 Å². The molecule has 120 valence electrons. The van der Waals surface area contributed by atoms with Gasteiger partial charge < -0.3 is 14.8 Å². The molecule has 0 radical (unpaired) electrons. The highest BCUT2D eigenvalue weighted by Gasteiger charge is 2.21. The van der Waals surface area contributed by atoms with Crippen molar-refractivity contribution in [3.63, 3.8) is 0 Å². The van der Waals surface area contributed by atoms with Crippen LogP contribution in [0.3, 0.4) is 0 Å². The third-order valence-electron chi connectivity index (χ3n) is 3.57. The smallest absolute Gasteiger partial charge is 0.338 e. The van der Waals surface area contributed by atoms with Crippen LogP contribution in [0.15, 0.2) is 48.5 Å². The van der Waals surface area contributed by atoms with Crippen LogP contribution in [0.25, 0.3) is 0 Å². The Labute approximate surface area is 135 Å². The van der Waals surface area contributed by atoms with Crippen LogP contribution < -0.4 is 5.32 Å². The van der Waals surface area contributed by atoms with E-state index in [0.29, 0.717) is 16.8 Å². The molecule has 5 heteroatoms. The fourth-order valence-electron chi connectivity index (χ4n) is 2.32. The standard InChI is InChI=1S/C18H19NO4/c1-12-14(18(21)23-3)10-7-11-15(12)19-17(20)16(22-2)13-8-5-4-6-9-13/h4-11,16H,1-3H3,(H,19,20)/t16-/m1/s1. The van der Waals surface area contributed by atoms with E-state index in [2.05, 4.69) is 5.32 Å². The molecule has 1 atom stereocenters. The first-order chi connectivity index (χ1) is 11.1. The Balaban J connectivity index is 2.24. The molecule has 0 heterocycles. The molecule has 0 aromatic heterocycles. The maximum Gasteiger partial charge on any atom is 0.338 e. The number of nitrogens with one attached hydrogen (secondary N) is 1. The number of hydrogen-bond donors (Lipinski definition) is 1. The number of ether oxygens (including phenoxy) is 2. The largest absolute Gasteiger partial charge is 0.465 e. The summed E-state index contributed by atoms with van der Waals surface area (Å²) >= 11 is 0. The lowest BCUT2D eigenvalue weighted by molar-refractivity contribution is -0.126. The molecule has 1 amide bonds. The lowest BCUT2D eigenvalue weighted by Crippen LogP contribution is -2.23. The van der Waals surface area contributed by atoms with E-state index < -0.39 is 12.1 Å². The topological polar surface area (TPSA) is 64.6 Å². The van der Waals surface area contributed by atoms with Crippen molar-refractivity contribution in [2.75, 3.05) is 19.5 Å². The minimum absolute atomic E-state index is 0.302. The van der Waals surface area contributed by atoms with Crippen LogP contribution >= 0.6 is 0 Å². The van der Waals surface area contributed by atoms with Gasteiger partial charge in [0.05, 0.1) is 12.7 Å². The van der Waals surface area contributed by atoms with E-state index in [1.165, 1.54) is 14.2 Å². The molecule has 0 unspecified atom stereocenters. The summed E-state index contributed by atoms with van der Waals surface area (Å²) in [6.07, 6.45) is -0.725. The molecule has 5 nitrogen and oxygen atoms in total. The summed E-state index contributed by atoms with van der Waals surface area (Å²) in [6.45, 7) is 1.76. The summed E-state index contributed by atoms with van der Waals surface area (Å²) in [5, 5.41) is 2.81. The van der Waals surface area contributed by atoms with Crippen LogP contribution in [0.5, 0.6) is 0 Å². The third kappa shape index (κ3) is 3.76. The number of hydrogen-bond acceptors (Lipinski definition) is 4. The van der Waals surface area contributed by atoms with Crippen molar-refractivity contribution >= 4 is 17.6 Å². The van der Waals surface area contributed by atoms with Gasteiger partial charge in [-0.3, -0.25) is 4.79 Å². The Morgan fingerprint density at radius 1 is 1.00 bits per heavy atom. The molecule has 0 fully saturated rings. The van der Waals surface area contributed by atoms with E-state index in [4.69, 9.17) is 9.47 Å². The molecule has 0 saturated heterocycles. The highest BCUT2D eigenvalue weighted by Crippen LogP contribution is 2.23. The van der Waals surface area contributed by atoms with Gasteiger partial charge in [-0.2, -0.15) is 0 Å². The Hall–Kier alpha value is -2.66. The van der Waals surface area contributed by atoms with Gasteiger partial charge >= 0.3 is 5.97 Å². The van der Waals surface area contributed by atoms with Crippen molar-refractivity contribution < 1.29 is 19.1 Å². The maximum atomic E-state index is 12.5. The van der Waals surface area contributed by atoms with Crippen molar-refractivity contribution in [3.8, 4) is 0 Å². The lowest BCUT2D eigenvalue weighted by Gasteiger charge is -2.17. The van der Waals surface area contributed by atoms with Gasteiger partial charge in [-0.15, -0.1) is 0 Å². The van der Waals surface area contributed by atoms with E-state index >= 15 is 0 Å². The summed E-state index contributed by atoms with van der Waals surface area (Å²) < 4.78 is 10.0. The number of benzene rings is 2. The summed E-state index contributed by atoms with van der Waals surface area (Å²) in [4.78, 5) is 24.2. The number of rotatable bonds is 5. The summed E-state index contributed by atoms with van der Waals surface area (Å²) in [5.41, 5.74) is 2.37. The number of carbonyl (C=O) groups is 2. The second-order valence-electron chi connectivity index (χ2n) is 4.99. The predicted molar refractivity (Wildman–Crippen MR) is 87.3 cm³/mol. The van der Waals surface area contributed by atoms with Crippen molar-refractivity contribution in [1.82, 2.24) is 0 Å². The molecular formula is C18H19NO4. The molecule has 0 spiro atoms. The number of methoxy groups -OCH3 is 2. The predicted octanol–water partition coefficient (Wildman–Crippen LogP) is 3.11. The van der Waals surface area contributed by atoms with Gasteiger partial charge in [0, 0.05) is 12.8 Å². The quantitative estimate of drug-likeness (QED) is 0.861. The van der Waals surface area contributed by atoms with Crippen molar-refractivity contribution in [2.24, 2.45) is 0 Å². The Bertz CT molecular complexity index is 697. The molecule has 0 saturated carbocycles. The van der Waals surface area contributed by atoms with Crippen LogP contribution in [-0.2, 0) is 14.3 Å². The Morgan fingerprint density at radius 3 is 2.30 bits per heavy atom. The van der Waals surface area contributed by atoms with E-state index in [9.17, 15) is 9.59 Å². The average Bonchev–Trinajstić information content (AvgIpc) is 2.57. The summed E-state index contributed by atoms with van der Waals surface area (Å²) in [7, 11) is 2.80. The van der Waals surface area contributed by atoms with Gasteiger partial charge in [0.2, 0.25) is 0 Å². The highest BCUT2D eigenvalue weighted by molar-refractivity contribution is 5.98. The van der Waals surface area contributed by atoms with E-state index in [0.717, 1.165) is 5.56 Å². The SMILES string of the molecule is COC(=O)c1cccc(NC(=O)[C@H](OC)c2ccccc2)c1C. The zero-order chi connectivity index (χ0) is 16.8. The summed E-state index contributed by atoms with van der Waals surface area (Å²) in [6, 6.07) is 14.3. The fourth-order valence-corrected chi connectivity index (χ4v) is 2.32. The van der Waals surface area contributed by atoms with Gasteiger partial charge in [0.25, 0.3) is 5.91 Å². The first kappa shape index (κ1) is 16.7. The average molecular weight is 313 g/mol. The lowest BCUT2D eigenvalue weighted by atomic mass is 10.1. The van der Waals surface area contributed by atoms with Gasteiger partial charge in [-0.05, 0) is 30.2 Å². The first-order valence-electron chi connectivity index (χ1n) is 7.15. The molecule has 2 aromatic carbocycles. The number of esters is 1. The van der Waals surface area contributed by atoms with Crippen molar-refractivity contribution in [3.05, 3.63) is 65.2 Å². The second-order valence-corrected chi connectivity index (χ2v) is 4.99. The van der Waals surface area contributed by atoms with Crippen LogP contribution in [0.2, 0.25) is 0 Å². The van der Waals surface area contributed by atoms with Gasteiger partial charge in [0.1, 0.15) is 0 Å². The monoisotopic (exact) mass is 313 g/mol. The number of carbonyl (C=O) groups excluding carboxylic acids is 2. The minimum atomic E-state index is -0.725. The second kappa shape index (κ2) is 7.56. The fraction of sp³-hybridized carbons (Fsp3) is 0.222. The zero-order valence-corrected chi connectivity index (χ0v) is 13.3. The Morgan fingerprint density at radius 2 is 1.70 bits per heavy atom. The molecule has 0 bridgehead atoms. The van der Waals surface area contributed by atoms with Crippen LogP contribution in [0.4, 0.5) is 5.69 Å². The molecule has 0 aliphatic heterocycles. The maximum absolute atomic E-state index is 12.5. The number of anilines is 1. The molecule has 0 aliphatic carbocycles. The van der Waals surface area contributed by atoms with E-state index in [1.54, 1.807) is 25.1 Å². The Kier molecular flexibility index (Phi) is 5.49. The van der Waals surface area contributed by atoms with E-state index in [1.807, 2.05) is 30.3 Å². The third-order valence-corrected chi connectivity index (χ3v) is 3.57. The highest BCUT2D eigenvalue weighted by atomic mass is 16.5.